The van der Waals surface area contributed by atoms with Crippen molar-refractivity contribution >= 4 is 29.1 Å². The van der Waals surface area contributed by atoms with Crippen LogP contribution >= 0.6 is 11.3 Å². The molecule has 3 amide bonds. The average Bonchev–Trinajstić information content (AvgIpc) is 3.13. The number of carbonyl (C=O) groups is 3. The first-order chi connectivity index (χ1) is 11.5. The van der Waals surface area contributed by atoms with E-state index in [1.807, 2.05) is 50.2 Å². The van der Waals surface area contributed by atoms with Crippen LogP contribution < -0.4 is 5.32 Å². The highest BCUT2D eigenvalue weighted by molar-refractivity contribution is 7.14. The van der Waals surface area contributed by atoms with E-state index in [1.165, 1.54) is 11.3 Å². The number of hydrogen-bond acceptors (Lipinski definition) is 4. The van der Waals surface area contributed by atoms with Crippen LogP contribution in [-0.2, 0) is 10.3 Å². The van der Waals surface area contributed by atoms with Gasteiger partial charge in [0, 0.05) is 4.88 Å². The Hall–Kier alpha value is -2.47. The number of nitrogens with one attached hydrogen (secondary N) is 1. The highest BCUT2D eigenvalue weighted by Crippen LogP contribution is 2.32. The summed E-state index contributed by atoms with van der Waals surface area (Å²) in [5, 5.41) is 2.78. The average molecular weight is 342 g/mol. The predicted molar refractivity (Wildman–Crippen MR) is 92.0 cm³/mol. The third-order valence-corrected chi connectivity index (χ3v) is 5.33. The van der Waals surface area contributed by atoms with Gasteiger partial charge in [-0.3, -0.25) is 14.5 Å². The summed E-state index contributed by atoms with van der Waals surface area (Å²) in [6.07, 6.45) is 0.421. The van der Waals surface area contributed by atoms with Crippen molar-refractivity contribution in [2.45, 2.75) is 25.8 Å². The molecule has 5 nitrogen and oxygen atoms in total. The van der Waals surface area contributed by atoms with Gasteiger partial charge in [0.25, 0.3) is 5.91 Å². The van der Waals surface area contributed by atoms with Crippen LogP contribution in [0.2, 0.25) is 0 Å². The lowest BCUT2D eigenvalue weighted by atomic mass is 9.87. The summed E-state index contributed by atoms with van der Waals surface area (Å²) in [7, 11) is 0. The van der Waals surface area contributed by atoms with Crippen molar-refractivity contribution in [3.05, 3.63) is 57.8 Å². The van der Waals surface area contributed by atoms with Crippen molar-refractivity contribution in [3.63, 3.8) is 0 Å². The highest BCUT2D eigenvalue weighted by atomic mass is 32.1. The molecule has 124 valence electrons. The van der Waals surface area contributed by atoms with Gasteiger partial charge >= 0.3 is 6.03 Å². The molecule has 1 aliphatic rings. The fraction of sp³-hybridized carbons (Fsp3) is 0.278. The molecule has 3 rings (SSSR count). The molecule has 0 bridgehead atoms. The zero-order valence-electron chi connectivity index (χ0n) is 13.5. The molecule has 0 saturated carbocycles. The van der Waals surface area contributed by atoms with E-state index in [1.54, 1.807) is 6.07 Å². The van der Waals surface area contributed by atoms with Gasteiger partial charge in [0.1, 0.15) is 5.54 Å². The van der Waals surface area contributed by atoms with Crippen LogP contribution in [0.1, 0.15) is 33.5 Å². The van der Waals surface area contributed by atoms with Crippen LogP contribution in [0, 0.1) is 6.92 Å². The Kier molecular flexibility index (Phi) is 4.24. The molecule has 2 heterocycles. The number of thiophene rings is 1. The molecule has 0 aliphatic carbocycles. The lowest BCUT2D eigenvalue weighted by Crippen LogP contribution is -2.43. The number of Topliss-reactive ketones (excluding diaryl/α,β-unsaturated/α-hetero) is 1. The number of rotatable bonds is 5. The first-order valence-electron chi connectivity index (χ1n) is 7.77. The van der Waals surface area contributed by atoms with E-state index in [2.05, 4.69) is 5.32 Å². The zero-order chi connectivity index (χ0) is 17.3. The van der Waals surface area contributed by atoms with Crippen LogP contribution in [-0.4, -0.2) is 29.2 Å². The smallest absolute Gasteiger partial charge is 0.319 e. The summed E-state index contributed by atoms with van der Waals surface area (Å²) in [4.78, 5) is 40.3. The second-order valence-corrected chi connectivity index (χ2v) is 7.07. The van der Waals surface area contributed by atoms with Crippen LogP contribution in [0.3, 0.4) is 0 Å². The summed E-state index contributed by atoms with van der Waals surface area (Å²) in [5.41, 5.74) is -0.364. The third-order valence-electron chi connectivity index (χ3n) is 4.29. The number of nitrogens with zero attached hydrogens (tertiary/aromatic N) is 1. The first-order valence-corrected chi connectivity index (χ1v) is 8.59. The minimum atomic E-state index is -1.09. The SMILES string of the molecule is CC[C@]1(c2ccccc2)NC(=O)N(CC(=O)c2ccc(C)s2)C1=O. The molecular weight excluding hydrogens is 324 g/mol. The number of imide groups is 1. The molecular formula is C18H18N2O3S. The van der Waals surface area contributed by atoms with E-state index in [0.29, 0.717) is 11.3 Å². The molecule has 2 aromatic rings. The van der Waals surface area contributed by atoms with Crippen molar-refractivity contribution in [1.82, 2.24) is 10.2 Å². The maximum absolute atomic E-state index is 12.9. The molecule has 1 aromatic heterocycles. The van der Waals surface area contributed by atoms with Gasteiger partial charge in [0.05, 0.1) is 11.4 Å². The van der Waals surface area contributed by atoms with Crippen LogP contribution in [0.25, 0.3) is 0 Å². The number of ketones is 1. The summed E-state index contributed by atoms with van der Waals surface area (Å²) in [6, 6.07) is 12.2. The molecule has 0 unspecified atom stereocenters. The van der Waals surface area contributed by atoms with Crippen LogP contribution in [0.15, 0.2) is 42.5 Å². The molecule has 6 heteroatoms. The van der Waals surface area contributed by atoms with Gasteiger partial charge in [-0.25, -0.2) is 4.79 Å². The Labute approximate surface area is 144 Å². The second kappa shape index (κ2) is 6.20. The van der Waals surface area contributed by atoms with Crippen molar-refractivity contribution in [3.8, 4) is 0 Å². The maximum atomic E-state index is 12.9. The van der Waals surface area contributed by atoms with E-state index >= 15 is 0 Å². The lowest BCUT2D eigenvalue weighted by Gasteiger charge is -2.25. The van der Waals surface area contributed by atoms with Crippen molar-refractivity contribution in [2.24, 2.45) is 0 Å². The molecule has 24 heavy (non-hydrogen) atoms. The van der Waals surface area contributed by atoms with E-state index in [0.717, 1.165) is 15.3 Å². The van der Waals surface area contributed by atoms with Crippen LogP contribution in [0.4, 0.5) is 4.79 Å². The number of aryl methyl sites for hydroxylation is 1. The normalized spacial score (nSPS) is 20.3. The van der Waals surface area contributed by atoms with Gasteiger partial charge in [-0.2, -0.15) is 0 Å². The number of carbonyl (C=O) groups excluding carboxylic acids is 3. The number of hydrogen-bond donors (Lipinski definition) is 1. The second-order valence-electron chi connectivity index (χ2n) is 5.78. The number of amides is 3. The number of urea groups is 1. The molecule has 1 atom stereocenters. The highest BCUT2D eigenvalue weighted by Gasteiger charge is 2.51. The number of benzene rings is 1. The van der Waals surface area contributed by atoms with Gasteiger partial charge in [-0.15, -0.1) is 11.3 Å². The summed E-state index contributed by atoms with van der Waals surface area (Å²) >= 11 is 1.36. The Morgan fingerprint density at radius 2 is 1.88 bits per heavy atom. The van der Waals surface area contributed by atoms with Gasteiger partial charge in [-0.1, -0.05) is 37.3 Å². The van der Waals surface area contributed by atoms with Gasteiger partial charge in [0.2, 0.25) is 0 Å². The summed E-state index contributed by atoms with van der Waals surface area (Å²) in [5.74, 6) is -0.598. The molecule has 0 radical (unpaired) electrons. The van der Waals surface area contributed by atoms with Gasteiger partial charge in [0.15, 0.2) is 5.78 Å². The summed E-state index contributed by atoms with van der Waals surface area (Å²) in [6.45, 7) is 3.52. The summed E-state index contributed by atoms with van der Waals surface area (Å²) < 4.78 is 0. The van der Waals surface area contributed by atoms with E-state index < -0.39 is 11.6 Å². The van der Waals surface area contributed by atoms with Gasteiger partial charge < -0.3 is 5.32 Å². The minimum Gasteiger partial charge on any atom is -0.319 e. The Balaban J connectivity index is 1.87. The van der Waals surface area contributed by atoms with E-state index in [-0.39, 0.29) is 18.2 Å². The molecule has 1 aromatic carbocycles. The molecule has 1 N–H and O–H groups in total. The van der Waals surface area contributed by atoms with Gasteiger partial charge in [-0.05, 0) is 31.0 Å². The molecule has 1 saturated heterocycles. The zero-order valence-corrected chi connectivity index (χ0v) is 14.4. The van der Waals surface area contributed by atoms with Crippen molar-refractivity contribution in [2.75, 3.05) is 6.54 Å². The Bertz CT molecular complexity index is 800. The Morgan fingerprint density at radius 1 is 1.17 bits per heavy atom. The monoisotopic (exact) mass is 342 g/mol. The third kappa shape index (κ3) is 2.63. The quantitative estimate of drug-likeness (QED) is 0.671. The fourth-order valence-electron chi connectivity index (χ4n) is 2.94. The van der Waals surface area contributed by atoms with E-state index in [4.69, 9.17) is 0 Å². The van der Waals surface area contributed by atoms with Crippen molar-refractivity contribution < 1.29 is 14.4 Å². The standard InChI is InChI=1S/C18H18N2O3S/c1-3-18(13-7-5-4-6-8-13)16(22)20(17(23)19-18)11-14(21)15-10-9-12(2)24-15/h4-10H,3,11H2,1-2H3,(H,19,23)/t18-/m1/s1. The minimum absolute atomic E-state index is 0.225. The first kappa shape index (κ1) is 16.4. The fourth-order valence-corrected chi connectivity index (χ4v) is 3.74. The lowest BCUT2D eigenvalue weighted by molar-refractivity contribution is -0.131. The van der Waals surface area contributed by atoms with E-state index in [9.17, 15) is 14.4 Å². The van der Waals surface area contributed by atoms with Crippen LogP contribution in [0.5, 0.6) is 0 Å². The molecule has 1 aliphatic heterocycles. The van der Waals surface area contributed by atoms with Crippen molar-refractivity contribution in [1.29, 1.82) is 0 Å². The topological polar surface area (TPSA) is 66.5 Å². The molecule has 1 fully saturated rings. The largest absolute Gasteiger partial charge is 0.325 e. The molecule has 0 spiro atoms. The predicted octanol–water partition coefficient (Wildman–Crippen LogP) is 3.10. The Morgan fingerprint density at radius 3 is 2.46 bits per heavy atom. The maximum Gasteiger partial charge on any atom is 0.325 e.